The van der Waals surface area contributed by atoms with E-state index in [1.54, 1.807) is 6.20 Å². The number of thiazole rings is 1. The number of aromatic nitrogens is 1. The number of nitrogens with one attached hydrogen (secondary N) is 1. The van der Waals surface area contributed by atoms with Gasteiger partial charge in [0, 0.05) is 31.1 Å². The second-order valence-corrected chi connectivity index (χ2v) is 7.24. The van der Waals surface area contributed by atoms with Crippen molar-refractivity contribution in [2.75, 3.05) is 18.4 Å². The van der Waals surface area contributed by atoms with Gasteiger partial charge in [0.25, 0.3) is 0 Å². The van der Waals surface area contributed by atoms with Crippen LogP contribution >= 0.6 is 11.3 Å². The molecule has 1 aliphatic rings. The normalized spacial score (nSPS) is 17.3. The Kier molecular flexibility index (Phi) is 6.17. The van der Waals surface area contributed by atoms with E-state index in [2.05, 4.69) is 22.4 Å². The molecule has 132 valence electrons. The molecule has 3 rings (SSSR count). The summed E-state index contributed by atoms with van der Waals surface area (Å²) in [4.78, 5) is 30.7. The van der Waals surface area contributed by atoms with Gasteiger partial charge >= 0.3 is 0 Å². The Morgan fingerprint density at radius 3 is 2.88 bits per heavy atom. The molecule has 5 nitrogen and oxygen atoms in total. The van der Waals surface area contributed by atoms with Gasteiger partial charge < -0.3 is 10.2 Å². The zero-order valence-corrected chi connectivity index (χ0v) is 15.0. The highest BCUT2D eigenvalue weighted by atomic mass is 32.1. The third-order valence-corrected chi connectivity index (χ3v) is 5.19. The number of carbonyl (C=O) groups is 2. The number of hydrogen-bond donors (Lipinski definition) is 1. The summed E-state index contributed by atoms with van der Waals surface area (Å²) in [5.41, 5.74) is 1.26. The number of rotatable bonds is 6. The van der Waals surface area contributed by atoms with Crippen molar-refractivity contribution in [3.8, 4) is 0 Å². The minimum atomic E-state index is -0.143. The van der Waals surface area contributed by atoms with E-state index in [4.69, 9.17) is 0 Å². The van der Waals surface area contributed by atoms with Gasteiger partial charge in [0.2, 0.25) is 11.8 Å². The van der Waals surface area contributed by atoms with Crippen LogP contribution in [0, 0.1) is 5.92 Å². The molecule has 1 aliphatic heterocycles. The molecule has 2 heterocycles. The van der Waals surface area contributed by atoms with Crippen LogP contribution in [0.3, 0.4) is 0 Å². The Hall–Kier alpha value is -2.21. The van der Waals surface area contributed by atoms with E-state index in [1.807, 2.05) is 28.5 Å². The molecule has 0 spiro atoms. The third-order valence-electron chi connectivity index (χ3n) is 4.51. The van der Waals surface area contributed by atoms with Crippen molar-refractivity contribution in [3.05, 3.63) is 47.5 Å². The summed E-state index contributed by atoms with van der Waals surface area (Å²) >= 11 is 1.41. The molecule has 1 fully saturated rings. The number of aryl methyl sites for hydroxylation is 1. The molecule has 0 bridgehead atoms. The van der Waals surface area contributed by atoms with E-state index in [0.717, 1.165) is 32.2 Å². The molecule has 0 saturated carbocycles. The summed E-state index contributed by atoms with van der Waals surface area (Å²) in [6.07, 6.45) is 5.66. The highest BCUT2D eigenvalue weighted by molar-refractivity contribution is 7.13. The molecule has 1 aromatic heterocycles. The smallest absolute Gasteiger partial charge is 0.231 e. The van der Waals surface area contributed by atoms with E-state index in [0.29, 0.717) is 18.1 Å². The largest absolute Gasteiger partial charge is 0.342 e. The maximum absolute atomic E-state index is 12.5. The van der Waals surface area contributed by atoms with Crippen molar-refractivity contribution in [2.45, 2.75) is 32.1 Å². The fourth-order valence-electron chi connectivity index (χ4n) is 3.16. The van der Waals surface area contributed by atoms with Gasteiger partial charge in [-0.2, -0.15) is 0 Å². The van der Waals surface area contributed by atoms with Crippen LogP contribution in [0.15, 0.2) is 41.9 Å². The number of amides is 2. The molecule has 0 aliphatic carbocycles. The van der Waals surface area contributed by atoms with Crippen molar-refractivity contribution >= 4 is 28.3 Å². The average Bonchev–Trinajstić information content (AvgIpc) is 3.15. The minimum absolute atomic E-state index is 0.0308. The molecular weight excluding hydrogens is 334 g/mol. The lowest BCUT2D eigenvalue weighted by atomic mass is 9.96. The summed E-state index contributed by atoms with van der Waals surface area (Å²) in [5, 5.41) is 5.30. The first-order valence-electron chi connectivity index (χ1n) is 8.74. The van der Waals surface area contributed by atoms with Crippen molar-refractivity contribution in [1.82, 2.24) is 9.88 Å². The summed E-state index contributed by atoms with van der Waals surface area (Å²) in [6, 6.07) is 10.2. The lowest BCUT2D eigenvalue weighted by Gasteiger charge is -2.32. The second kappa shape index (κ2) is 8.76. The van der Waals surface area contributed by atoms with Gasteiger partial charge in [-0.15, -0.1) is 11.3 Å². The van der Waals surface area contributed by atoms with Gasteiger partial charge in [-0.3, -0.25) is 9.59 Å². The van der Waals surface area contributed by atoms with Crippen LogP contribution in [0.4, 0.5) is 5.13 Å². The van der Waals surface area contributed by atoms with Crippen LogP contribution in [-0.4, -0.2) is 34.8 Å². The fraction of sp³-hybridized carbons (Fsp3) is 0.421. The number of piperidine rings is 1. The van der Waals surface area contributed by atoms with Crippen LogP contribution in [0.25, 0.3) is 0 Å². The van der Waals surface area contributed by atoms with E-state index in [9.17, 15) is 9.59 Å². The highest BCUT2D eigenvalue weighted by Gasteiger charge is 2.28. The molecule has 1 aromatic carbocycles. The van der Waals surface area contributed by atoms with Crippen LogP contribution < -0.4 is 5.32 Å². The van der Waals surface area contributed by atoms with Gasteiger partial charge in [0.1, 0.15) is 0 Å². The van der Waals surface area contributed by atoms with Crippen molar-refractivity contribution in [1.29, 1.82) is 0 Å². The van der Waals surface area contributed by atoms with Gasteiger partial charge in [0.05, 0.1) is 5.92 Å². The number of anilines is 1. The zero-order chi connectivity index (χ0) is 17.5. The Morgan fingerprint density at radius 2 is 2.12 bits per heavy atom. The molecule has 2 amide bonds. The van der Waals surface area contributed by atoms with Crippen LogP contribution in [0.5, 0.6) is 0 Å². The SMILES string of the molecule is O=C(Nc1nccs1)C1CCCN(C(=O)CCCc2ccccc2)C1. The Labute approximate surface area is 152 Å². The average molecular weight is 357 g/mol. The molecule has 0 radical (unpaired) electrons. The molecule has 1 saturated heterocycles. The van der Waals surface area contributed by atoms with Crippen LogP contribution in [-0.2, 0) is 16.0 Å². The fourth-order valence-corrected chi connectivity index (χ4v) is 3.69. The number of likely N-dealkylation sites (tertiary alicyclic amines) is 1. The standard InChI is InChI=1S/C19H23N3O2S/c23-17(10-4-8-15-6-2-1-3-7-15)22-12-5-9-16(14-22)18(24)21-19-20-11-13-25-19/h1-3,6-7,11,13,16H,4-5,8-10,12,14H2,(H,20,21,24). The molecule has 1 atom stereocenters. The topological polar surface area (TPSA) is 62.3 Å². The summed E-state index contributed by atoms with van der Waals surface area (Å²) < 4.78 is 0. The van der Waals surface area contributed by atoms with Gasteiger partial charge in [-0.25, -0.2) is 4.98 Å². The second-order valence-electron chi connectivity index (χ2n) is 6.34. The number of carbonyl (C=O) groups excluding carboxylic acids is 2. The monoisotopic (exact) mass is 357 g/mol. The van der Waals surface area contributed by atoms with E-state index in [-0.39, 0.29) is 17.7 Å². The van der Waals surface area contributed by atoms with Crippen molar-refractivity contribution in [3.63, 3.8) is 0 Å². The highest BCUT2D eigenvalue weighted by Crippen LogP contribution is 2.20. The first-order valence-corrected chi connectivity index (χ1v) is 9.62. The van der Waals surface area contributed by atoms with Gasteiger partial charge in [-0.05, 0) is 31.2 Å². The first kappa shape index (κ1) is 17.6. The zero-order valence-electron chi connectivity index (χ0n) is 14.2. The van der Waals surface area contributed by atoms with Crippen LogP contribution in [0.2, 0.25) is 0 Å². The predicted octanol–water partition coefficient (Wildman–Crippen LogP) is 3.34. The van der Waals surface area contributed by atoms with Gasteiger partial charge in [-0.1, -0.05) is 30.3 Å². The number of nitrogens with zero attached hydrogens (tertiary/aromatic N) is 2. The molecule has 2 aromatic rings. The number of benzene rings is 1. The lowest BCUT2D eigenvalue weighted by molar-refractivity contribution is -0.134. The molecule has 25 heavy (non-hydrogen) atoms. The molecule has 1 N–H and O–H groups in total. The van der Waals surface area contributed by atoms with Gasteiger partial charge in [0.15, 0.2) is 5.13 Å². The Morgan fingerprint density at radius 1 is 1.28 bits per heavy atom. The summed E-state index contributed by atoms with van der Waals surface area (Å²) in [6.45, 7) is 1.27. The quantitative estimate of drug-likeness (QED) is 0.862. The van der Waals surface area contributed by atoms with Crippen molar-refractivity contribution in [2.24, 2.45) is 5.92 Å². The number of hydrogen-bond acceptors (Lipinski definition) is 4. The summed E-state index contributed by atoms with van der Waals surface area (Å²) in [7, 11) is 0. The predicted molar refractivity (Wildman–Crippen MR) is 99.4 cm³/mol. The lowest BCUT2D eigenvalue weighted by Crippen LogP contribution is -2.43. The van der Waals surface area contributed by atoms with E-state index in [1.165, 1.54) is 16.9 Å². The van der Waals surface area contributed by atoms with E-state index < -0.39 is 0 Å². The maximum atomic E-state index is 12.5. The maximum Gasteiger partial charge on any atom is 0.231 e. The first-order chi connectivity index (χ1) is 12.2. The minimum Gasteiger partial charge on any atom is -0.342 e. The Bertz CT molecular complexity index is 688. The molecular formula is C19H23N3O2S. The van der Waals surface area contributed by atoms with Crippen LogP contribution in [0.1, 0.15) is 31.2 Å². The molecule has 1 unspecified atom stereocenters. The van der Waals surface area contributed by atoms with Crippen molar-refractivity contribution < 1.29 is 9.59 Å². The summed E-state index contributed by atoms with van der Waals surface area (Å²) in [5.74, 6) is -0.0184. The Balaban J connectivity index is 1.45. The van der Waals surface area contributed by atoms with E-state index >= 15 is 0 Å². The third kappa shape index (κ3) is 5.13. The molecule has 6 heteroatoms.